The van der Waals surface area contributed by atoms with E-state index in [4.69, 9.17) is 21.1 Å². The molecule has 1 atom stereocenters. The fourth-order valence-electron chi connectivity index (χ4n) is 8.45. The van der Waals surface area contributed by atoms with Crippen LogP contribution in [0.25, 0.3) is 32.8 Å². The van der Waals surface area contributed by atoms with Gasteiger partial charge in [0.25, 0.3) is 0 Å². The maximum atomic E-state index is 17.8. The Morgan fingerprint density at radius 3 is 2.65 bits per heavy atom. The molecular formula is C41H42F2N6O3. The van der Waals surface area contributed by atoms with Crippen LogP contribution >= 0.6 is 0 Å². The average Bonchev–Trinajstić information content (AvgIpc) is 3.63. The summed E-state index contributed by atoms with van der Waals surface area (Å²) >= 11 is 0. The number of nitrogens with zero attached hydrogens (tertiary/aromatic N) is 5. The second-order valence-electron chi connectivity index (χ2n) is 14.8. The molecule has 3 aliphatic heterocycles. The first-order valence-corrected chi connectivity index (χ1v) is 17.9. The number of halogens is 2. The van der Waals surface area contributed by atoms with Crippen LogP contribution in [0.4, 0.5) is 14.6 Å². The zero-order chi connectivity index (χ0) is 36.8. The Kier molecular flexibility index (Phi) is 9.26. The van der Waals surface area contributed by atoms with Gasteiger partial charge in [-0.15, -0.1) is 6.42 Å². The van der Waals surface area contributed by atoms with Crippen LogP contribution in [-0.4, -0.2) is 70.2 Å². The van der Waals surface area contributed by atoms with E-state index in [-0.39, 0.29) is 62.4 Å². The van der Waals surface area contributed by atoms with Gasteiger partial charge in [0.15, 0.2) is 5.82 Å². The van der Waals surface area contributed by atoms with Crippen molar-refractivity contribution >= 4 is 33.4 Å². The van der Waals surface area contributed by atoms with Crippen molar-refractivity contribution in [3.63, 3.8) is 0 Å². The quantitative estimate of drug-likeness (QED) is 0.151. The van der Waals surface area contributed by atoms with Crippen molar-refractivity contribution in [1.29, 1.82) is 5.26 Å². The summed E-state index contributed by atoms with van der Waals surface area (Å²) < 4.78 is 39.4. The van der Waals surface area contributed by atoms with Crippen molar-refractivity contribution in [3.05, 3.63) is 65.7 Å². The summed E-state index contributed by atoms with van der Waals surface area (Å²) in [6, 6.07) is 9.29. The van der Waals surface area contributed by atoms with Crippen molar-refractivity contribution < 1.29 is 23.4 Å². The predicted molar refractivity (Wildman–Crippen MR) is 197 cm³/mol. The number of benzene rings is 3. The van der Waals surface area contributed by atoms with E-state index in [2.05, 4.69) is 28.8 Å². The molecule has 3 saturated heterocycles. The lowest BCUT2D eigenvalue weighted by atomic mass is 9.79. The van der Waals surface area contributed by atoms with Gasteiger partial charge in [-0.2, -0.15) is 15.2 Å². The van der Waals surface area contributed by atoms with Gasteiger partial charge in [0, 0.05) is 35.5 Å². The molecule has 1 amide bonds. The number of rotatable bonds is 8. The average molecular weight is 705 g/mol. The van der Waals surface area contributed by atoms with Gasteiger partial charge < -0.3 is 20.1 Å². The molecule has 0 saturated carbocycles. The summed E-state index contributed by atoms with van der Waals surface area (Å²) in [4.78, 5) is 26.5. The number of carbonyl (C=O) groups excluding carboxylic acids is 1. The molecule has 3 aromatic carbocycles. The maximum absolute atomic E-state index is 17.8. The summed E-state index contributed by atoms with van der Waals surface area (Å²) in [5, 5.41) is 25.3. The Labute approximate surface area is 302 Å². The minimum Gasteiger partial charge on any atom is -0.508 e. The molecule has 11 heteroatoms. The van der Waals surface area contributed by atoms with E-state index in [1.807, 2.05) is 4.90 Å². The number of aromatic hydroxyl groups is 1. The van der Waals surface area contributed by atoms with E-state index in [0.717, 1.165) is 58.0 Å². The predicted octanol–water partition coefficient (Wildman–Crippen LogP) is 6.88. The van der Waals surface area contributed by atoms with E-state index in [0.29, 0.717) is 36.3 Å². The highest BCUT2D eigenvalue weighted by molar-refractivity contribution is 6.05. The summed E-state index contributed by atoms with van der Waals surface area (Å²) in [6.07, 6.45) is 13.6. The third-order valence-electron chi connectivity index (χ3n) is 11.1. The highest BCUT2D eigenvalue weighted by Gasteiger charge is 2.45. The highest BCUT2D eigenvalue weighted by Crippen LogP contribution is 2.46. The molecule has 0 radical (unpaired) electrons. The fourth-order valence-corrected chi connectivity index (χ4v) is 8.45. The van der Waals surface area contributed by atoms with Gasteiger partial charge in [-0.05, 0) is 119 Å². The molecule has 0 spiro atoms. The van der Waals surface area contributed by atoms with Crippen molar-refractivity contribution in [2.45, 2.75) is 75.8 Å². The van der Waals surface area contributed by atoms with Crippen molar-refractivity contribution in [1.82, 2.24) is 20.2 Å². The number of fused-ring (bicyclic) bond motifs is 3. The van der Waals surface area contributed by atoms with E-state index in [1.54, 1.807) is 19.9 Å². The minimum absolute atomic E-state index is 0.0137. The number of aromatic nitrogens is 2. The molecule has 2 N–H and O–H groups in total. The molecule has 52 heavy (non-hydrogen) atoms. The van der Waals surface area contributed by atoms with Gasteiger partial charge in [0.05, 0.1) is 22.6 Å². The Bertz CT molecular complexity index is 2180. The number of nitriles is 1. The van der Waals surface area contributed by atoms with Gasteiger partial charge in [-0.3, -0.25) is 9.69 Å². The zero-order valence-electron chi connectivity index (χ0n) is 29.6. The molecule has 1 aromatic heterocycles. The highest BCUT2D eigenvalue weighted by atomic mass is 19.1. The Balaban J connectivity index is 1.49. The summed E-state index contributed by atoms with van der Waals surface area (Å²) in [7, 11) is 0. The largest absolute Gasteiger partial charge is 0.508 e. The molecule has 3 fully saturated rings. The van der Waals surface area contributed by atoms with Gasteiger partial charge >= 0.3 is 6.01 Å². The van der Waals surface area contributed by atoms with Gasteiger partial charge in [-0.25, -0.2) is 8.78 Å². The molecule has 268 valence electrons. The molecule has 0 bridgehead atoms. The van der Waals surface area contributed by atoms with Gasteiger partial charge in [0.2, 0.25) is 5.91 Å². The Morgan fingerprint density at radius 1 is 1.17 bits per heavy atom. The molecule has 4 heterocycles. The normalized spacial score (nSPS) is 18.8. The smallest absolute Gasteiger partial charge is 0.319 e. The number of carbonyl (C=O) groups is 1. The lowest BCUT2D eigenvalue weighted by Crippen LogP contribution is -2.43. The monoisotopic (exact) mass is 704 g/mol. The van der Waals surface area contributed by atoms with Crippen molar-refractivity contribution in [3.8, 4) is 41.3 Å². The molecule has 4 aromatic rings. The first-order chi connectivity index (χ1) is 25.0. The lowest BCUT2D eigenvalue weighted by molar-refractivity contribution is -0.117. The lowest BCUT2D eigenvalue weighted by Gasteiger charge is -2.32. The van der Waals surface area contributed by atoms with Crippen molar-refractivity contribution in [2.24, 2.45) is 0 Å². The van der Waals surface area contributed by atoms with Crippen LogP contribution in [0, 0.1) is 35.3 Å². The Morgan fingerprint density at radius 2 is 1.94 bits per heavy atom. The molecular weight excluding hydrogens is 662 g/mol. The third-order valence-corrected chi connectivity index (χ3v) is 11.1. The van der Waals surface area contributed by atoms with Crippen molar-refractivity contribution in [2.75, 3.05) is 37.7 Å². The maximum Gasteiger partial charge on any atom is 0.319 e. The molecule has 1 unspecified atom stereocenters. The SMILES string of the molecule is C#Cc1c(F)ccc2cc(O)cc(-c3c(C(C)(C)C#N)cc4c(N5CCCCC(NC(=O)C=C)C5)nc(OCC56CCCN5CCC6)nc4c3F)c12. The third kappa shape index (κ3) is 6.17. The molecule has 9 nitrogen and oxygen atoms in total. The number of phenolic OH excluding ortho intramolecular Hbond substituents is 1. The number of anilines is 1. The van der Waals surface area contributed by atoms with Crippen LogP contribution in [0.3, 0.4) is 0 Å². The number of hydrogen-bond donors (Lipinski definition) is 2. The van der Waals surface area contributed by atoms with Crippen LogP contribution in [0.15, 0.2) is 43.0 Å². The fraction of sp³-hybridized carbons (Fsp3) is 0.415. The van der Waals surface area contributed by atoms with Gasteiger partial charge in [0.1, 0.15) is 29.5 Å². The van der Waals surface area contributed by atoms with Crippen LogP contribution in [0.2, 0.25) is 0 Å². The molecule has 7 rings (SSSR count). The van der Waals surface area contributed by atoms with E-state index in [9.17, 15) is 15.2 Å². The second-order valence-corrected chi connectivity index (χ2v) is 14.8. The summed E-state index contributed by atoms with van der Waals surface area (Å²) in [5.41, 5.74) is -1.14. The first-order valence-electron chi connectivity index (χ1n) is 17.9. The van der Waals surface area contributed by atoms with E-state index < -0.39 is 17.0 Å². The summed E-state index contributed by atoms with van der Waals surface area (Å²) in [5.74, 6) is 0.915. The summed E-state index contributed by atoms with van der Waals surface area (Å²) in [6.45, 7) is 10.3. The number of nitrogens with one attached hydrogen (secondary N) is 1. The number of hydrogen-bond acceptors (Lipinski definition) is 8. The number of amides is 1. The number of terminal acetylenes is 1. The topological polar surface area (TPSA) is 115 Å². The van der Waals surface area contributed by atoms with Crippen LogP contribution in [0.1, 0.15) is 69.9 Å². The molecule has 3 aliphatic rings. The Hall–Kier alpha value is -5.26. The van der Waals surface area contributed by atoms with Crippen LogP contribution in [-0.2, 0) is 10.2 Å². The second kappa shape index (κ2) is 13.7. The minimum atomic E-state index is -1.27. The standard InChI is InChI=1S/C41H42F2N6O3/c1-5-28-32(42)13-12-25-19-27(50)20-29(34(25)28)35-31(40(3,4)23-44)21-30-37(36(35)43)46-39(52-24-41-14-9-17-49(41)18-10-15-41)47-38(30)48-16-8-7-11-26(22-48)45-33(51)6-2/h1,6,12-13,19-21,26,50H,2,7-11,14-18,22,24H2,3-4H3,(H,45,51). The van der Waals surface area contributed by atoms with Crippen LogP contribution < -0.4 is 15.0 Å². The number of phenols is 1. The van der Waals surface area contributed by atoms with Crippen LogP contribution in [0.5, 0.6) is 11.8 Å². The zero-order valence-corrected chi connectivity index (χ0v) is 29.6. The van der Waals surface area contributed by atoms with Gasteiger partial charge in [-0.1, -0.05) is 18.6 Å². The first kappa shape index (κ1) is 35.2. The van der Waals surface area contributed by atoms with E-state index in [1.165, 1.54) is 30.3 Å². The molecule has 0 aliphatic carbocycles. The van der Waals surface area contributed by atoms with E-state index >= 15 is 8.78 Å². The number of ether oxygens (including phenoxy) is 1.